The molecule has 0 radical (unpaired) electrons. The maximum atomic E-state index is 9.81. The topological polar surface area (TPSA) is 29.5 Å². The Morgan fingerprint density at radius 3 is 2.64 bits per heavy atom. The van der Waals surface area contributed by atoms with Crippen molar-refractivity contribution in [2.75, 3.05) is 7.11 Å². The minimum Gasteiger partial charge on any atom is -0.497 e. The van der Waals surface area contributed by atoms with Crippen LogP contribution in [0, 0.1) is 6.92 Å². The molecule has 1 atom stereocenters. The van der Waals surface area contributed by atoms with Gasteiger partial charge in [-0.2, -0.15) is 0 Å². The number of aryl methyl sites for hydroxylation is 1. The molecular formula is C12H18O2. The highest BCUT2D eigenvalue weighted by Crippen LogP contribution is 2.24. The molecule has 0 aliphatic heterocycles. The Balaban J connectivity index is 2.90. The van der Waals surface area contributed by atoms with E-state index in [2.05, 4.69) is 6.92 Å². The van der Waals surface area contributed by atoms with Crippen molar-refractivity contribution in [2.45, 2.75) is 32.8 Å². The molecule has 1 N–H and O–H groups in total. The molecule has 0 saturated carbocycles. The Morgan fingerprint density at radius 1 is 1.36 bits per heavy atom. The van der Waals surface area contributed by atoms with Gasteiger partial charge < -0.3 is 9.84 Å². The molecule has 1 aromatic rings. The van der Waals surface area contributed by atoms with E-state index < -0.39 is 0 Å². The molecule has 2 heteroatoms. The van der Waals surface area contributed by atoms with Crippen molar-refractivity contribution in [2.24, 2.45) is 0 Å². The third kappa shape index (κ3) is 2.74. The molecule has 0 spiro atoms. The van der Waals surface area contributed by atoms with Crippen molar-refractivity contribution in [3.8, 4) is 5.75 Å². The second-order valence-electron chi connectivity index (χ2n) is 3.59. The molecule has 78 valence electrons. The normalized spacial score (nSPS) is 12.6. The molecule has 2 nitrogen and oxygen atoms in total. The van der Waals surface area contributed by atoms with Crippen LogP contribution in [0.3, 0.4) is 0 Å². The zero-order valence-electron chi connectivity index (χ0n) is 9.08. The number of aliphatic hydroxyl groups excluding tert-OH is 1. The van der Waals surface area contributed by atoms with Crippen molar-refractivity contribution >= 4 is 0 Å². The fourth-order valence-electron chi connectivity index (χ4n) is 1.53. The summed E-state index contributed by atoms with van der Waals surface area (Å²) in [7, 11) is 1.64. The van der Waals surface area contributed by atoms with Gasteiger partial charge in [-0.25, -0.2) is 0 Å². The molecule has 0 fully saturated rings. The van der Waals surface area contributed by atoms with Gasteiger partial charge in [-0.15, -0.1) is 0 Å². The predicted molar refractivity (Wildman–Crippen MR) is 57.6 cm³/mol. The van der Waals surface area contributed by atoms with Crippen molar-refractivity contribution in [1.29, 1.82) is 0 Å². The Bertz CT molecular complexity index is 294. The molecule has 1 unspecified atom stereocenters. The molecule has 0 bridgehead atoms. The minimum absolute atomic E-state index is 0.367. The van der Waals surface area contributed by atoms with E-state index in [0.717, 1.165) is 29.7 Å². The standard InChI is InChI=1S/C12H18O2/c1-4-5-12(13)10-6-9(2)7-11(8-10)14-3/h6-8,12-13H,4-5H2,1-3H3. The summed E-state index contributed by atoms with van der Waals surface area (Å²) >= 11 is 0. The van der Waals surface area contributed by atoms with Crippen LogP contribution in [0.2, 0.25) is 0 Å². The van der Waals surface area contributed by atoms with Crippen LogP contribution in [0.1, 0.15) is 37.0 Å². The first-order valence-electron chi connectivity index (χ1n) is 5.01. The van der Waals surface area contributed by atoms with Crippen LogP contribution in [0.15, 0.2) is 18.2 Å². The lowest BCUT2D eigenvalue weighted by molar-refractivity contribution is 0.166. The van der Waals surface area contributed by atoms with Gasteiger partial charge in [0.25, 0.3) is 0 Å². The van der Waals surface area contributed by atoms with Crippen LogP contribution in [0.5, 0.6) is 5.75 Å². The van der Waals surface area contributed by atoms with Gasteiger partial charge in [-0.1, -0.05) is 19.4 Å². The van der Waals surface area contributed by atoms with E-state index >= 15 is 0 Å². The van der Waals surface area contributed by atoms with Crippen molar-refractivity contribution < 1.29 is 9.84 Å². The fraction of sp³-hybridized carbons (Fsp3) is 0.500. The third-order valence-corrected chi connectivity index (χ3v) is 2.26. The van der Waals surface area contributed by atoms with E-state index in [4.69, 9.17) is 4.74 Å². The van der Waals surface area contributed by atoms with Crippen molar-refractivity contribution in [1.82, 2.24) is 0 Å². The van der Waals surface area contributed by atoms with Gasteiger partial charge in [-0.3, -0.25) is 0 Å². The van der Waals surface area contributed by atoms with Crippen molar-refractivity contribution in [3.63, 3.8) is 0 Å². The maximum Gasteiger partial charge on any atom is 0.119 e. The SMILES string of the molecule is CCCC(O)c1cc(C)cc(OC)c1. The summed E-state index contributed by atoms with van der Waals surface area (Å²) in [4.78, 5) is 0. The predicted octanol–water partition coefficient (Wildman–Crippen LogP) is 2.84. The molecule has 0 aliphatic carbocycles. The van der Waals surface area contributed by atoms with Gasteiger partial charge in [0.05, 0.1) is 13.2 Å². The largest absolute Gasteiger partial charge is 0.497 e. The fourth-order valence-corrected chi connectivity index (χ4v) is 1.53. The van der Waals surface area contributed by atoms with Crippen molar-refractivity contribution in [3.05, 3.63) is 29.3 Å². The van der Waals surface area contributed by atoms with Gasteiger partial charge in [0.15, 0.2) is 0 Å². The maximum absolute atomic E-state index is 9.81. The van der Waals surface area contributed by atoms with Crippen LogP contribution >= 0.6 is 0 Å². The Morgan fingerprint density at radius 2 is 2.07 bits per heavy atom. The van der Waals surface area contributed by atoms with E-state index in [1.54, 1.807) is 7.11 Å². The lowest BCUT2D eigenvalue weighted by Gasteiger charge is -2.12. The molecule has 1 rings (SSSR count). The molecule has 0 saturated heterocycles. The summed E-state index contributed by atoms with van der Waals surface area (Å²) in [6.07, 6.45) is 1.41. The summed E-state index contributed by atoms with van der Waals surface area (Å²) in [5.74, 6) is 0.815. The van der Waals surface area contributed by atoms with Gasteiger partial charge in [0.2, 0.25) is 0 Å². The van der Waals surface area contributed by atoms with Crippen LogP contribution in [-0.4, -0.2) is 12.2 Å². The van der Waals surface area contributed by atoms with E-state index in [9.17, 15) is 5.11 Å². The van der Waals surface area contributed by atoms with Gasteiger partial charge in [0.1, 0.15) is 5.75 Å². The smallest absolute Gasteiger partial charge is 0.119 e. The second kappa shape index (κ2) is 5.01. The van der Waals surface area contributed by atoms with E-state index in [1.165, 1.54) is 0 Å². The van der Waals surface area contributed by atoms with Crippen LogP contribution in [-0.2, 0) is 0 Å². The number of ether oxygens (including phenoxy) is 1. The molecule has 0 aromatic heterocycles. The molecule has 0 aliphatic rings. The highest BCUT2D eigenvalue weighted by Gasteiger charge is 2.07. The summed E-state index contributed by atoms with van der Waals surface area (Å²) < 4.78 is 5.15. The van der Waals surface area contributed by atoms with Crippen LogP contribution in [0.4, 0.5) is 0 Å². The van der Waals surface area contributed by atoms with E-state index in [0.29, 0.717) is 0 Å². The number of benzene rings is 1. The zero-order valence-corrected chi connectivity index (χ0v) is 9.08. The third-order valence-electron chi connectivity index (χ3n) is 2.26. The number of hydrogen-bond acceptors (Lipinski definition) is 2. The molecule has 0 amide bonds. The monoisotopic (exact) mass is 194 g/mol. The van der Waals surface area contributed by atoms with Gasteiger partial charge in [0, 0.05) is 0 Å². The molecule has 1 aromatic carbocycles. The number of rotatable bonds is 4. The summed E-state index contributed by atoms with van der Waals surface area (Å²) in [6, 6.07) is 5.86. The quantitative estimate of drug-likeness (QED) is 0.798. The Labute approximate surface area is 85.5 Å². The first kappa shape index (κ1) is 11.1. The second-order valence-corrected chi connectivity index (χ2v) is 3.59. The average Bonchev–Trinajstić information content (AvgIpc) is 2.17. The highest BCUT2D eigenvalue weighted by molar-refractivity contribution is 5.34. The first-order chi connectivity index (χ1) is 6.67. The molecule has 0 heterocycles. The van der Waals surface area contributed by atoms with Gasteiger partial charge in [-0.05, 0) is 36.6 Å². The highest BCUT2D eigenvalue weighted by atomic mass is 16.5. The zero-order chi connectivity index (χ0) is 10.6. The lowest BCUT2D eigenvalue weighted by atomic mass is 10.0. The summed E-state index contributed by atoms with van der Waals surface area (Å²) in [5.41, 5.74) is 2.07. The van der Waals surface area contributed by atoms with Gasteiger partial charge >= 0.3 is 0 Å². The lowest BCUT2D eigenvalue weighted by Crippen LogP contribution is -1.98. The number of aliphatic hydroxyl groups is 1. The van der Waals surface area contributed by atoms with E-state index in [-0.39, 0.29) is 6.10 Å². The molecular weight excluding hydrogens is 176 g/mol. The number of methoxy groups -OCH3 is 1. The minimum atomic E-state index is -0.367. The van der Waals surface area contributed by atoms with Crippen LogP contribution < -0.4 is 4.74 Å². The molecule has 14 heavy (non-hydrogen) atoms. The van der Waals surface area contributed by atoms with Crippen LogP contribution in [0.25, 0.3) is 0 Å². The summed E-state index contributed by atoms with van der Waals surface area (Å²) in [5, 5.41) is 9.81. The first-order valence-corrected chi connectivity index (χ1v) is 5.01. The Kier molecular flexibility index (Phi) is 3.96. The Hall–Kier alpha value is -1.02. The van der Waals surface area contributed by atoms with E-state index in [1.807, 2.05) is 25.1 Å². The average molecular weight is 194 g/mol. The summed E-state index contributed by atoms with van der Waals surface area (Å²) in [6.45, 7) is 4.07. The number of hydrogen-bond donors (Lipinski definition) is 1.